The molecule has 3 rings (SSSR count). The van der Waals surface area contributed by atoms with Crippen molar-refractivity contribution in [2.75, 3.05) is 31.3 Å². The number of hydrogen-bond acceptors (Lipinski definition) is 2. The van der Waals surface area contributed by atoms with Crippen LogP contribution in [0.4, 0.5) is 16.2 Å². The lowest BCUT2D eigenvalue weighted by atomic mass is 10.2. The third-order valence-corrected chi connectivity index (χ3v) is 4.78. The molecule has 3 N–H and O–H groups in total. The Hall–Kier alpha value is -2.21. The third kappa shape index (κ3) is 4.49. The summed E-state index contributed by atoms with van der Waals surface area (Å²) in [7, 11) is 4.10. The zero-order chi connectivity index (χ0) is 18.7. The highest BCUT2D eigenvalue weighted by Crippen LogP contribution is 2.29. The molecular weight excluding hydrogens is 371 g/mol. The summed E-state index contributed by atoms with van der Waals surface area (Å²) < 4.78 is 0. The summed E-state index contributed by atoms with van der Waals surface area (Å²) in [4.78, 5) is 17.8. The van der Waals surface area contributed by atoms with Gasteiger partial charge < -0.3 is 20.5 Å². The summed E-state index contributed by atoms with van der Waals surface area (Å²) in [6.45, 7) is 0.973. The van der Waals surface area contributed by atoms with Gasteiger partial charge in [-0.2, -0.15) is 0 Å². The van der Waals surface area contributed by atoms with Gasteiger partial charge in [-0.3, -0.25) is 0 Å². The highest BCUT2D eigenvalue weighted by molar-refractivity contribution is 6.44. The Morgan fingerprint density at radius 3 is 2.69 bits per heavy atom. The minimum Gasteiger partial charge on any atom is -0.358 e. The highest BCUT2D eigenvalue weighted by Gasteiger charge is 2.09. The maximum absolute atomic E-state index is 12.2. The van der Waals surface area contributed by atoms with Crippen LogP contribution < -0.4 is 10.6 Å². The fourth-order valence-corrected chi connectivity index (χ4v) is 2.98. The van der Waals surface area contributed by atoms with Crippen molar-refractivity contribution in [3.05, 3.63) is 58.2 Å². The van der Waals surface area contributed by atoms with Crippen molar-refractivity contribution >= 4 is 51.5 Å². The summed E-state index contributed by atoms with van der Waals surface area (Å²) in [6.07, 6.45) is 0.943. The van der Waals surface area contributed by atoms with Crippen LogP contribution in [0.25, 0.3) is 10.9 Å². The molecule has 1 heterocycles. The average Bonchev–Trinajstić information content (AvgIpc) is 2.99. The number of urea groups is 1. The first-order chi connectivity index (χ1) is 12.4. The molecule has 0 radical (unpaired) electrons. The molecule has 0 spiro atoms. The van der Waals surface area contributed by atoms with Crippen molar-refractivity contribution < 1.29 is 4.79 Å². The van der Waals surface area contributed by atoms with Crippen LogP contribution in [0.5, 0.6) is 0 Å². The Balaban J connectivity index is 1.70. The van der Waals surface area contributed by atoms with E-state index in [1.807, 2.05) is 18.2 Å². The van der Waals surface area contributed by atoms with Gasteiger partial charge in [0.25, 0.3) is 0 Å². The Labute approximate surface area is 162 Å². The van der Waals surface area contributed by atoms with Crippen LogP contribution in [-0.2, 0) is 6.42 Å². The van der Waals surface area contributed by atoms with E-state index in [0.29, 0.717) is 21.4 Å². The molecule has 0 aliphatic heterocycles. The van der Waals surface area contributed by atoms with E-state index in [-0.39, 0.29) is 6.03 Å². The topological polar surface area (TPSA) is 60.2 Å². The number of nitrogens with one attached hydrogen (secondary N) is 3. The van der Waals surface area contributed by atoms with Gasteiger partial charge >= 0.3 is 6.03 Å². The van der Waals surface area contributed by atoms with Gasteiger partial charge in [0, 0.05) is 29.9 Å². The summed E-state index contributed by atoms with van der Waals surface area (Å²) >= 11 is 12.0. The quantitative estimate of drug-likeness (QED) is 0.558. The van der Waals surface area contributed by atoms with Gasteiger partial charge in [0.1, 0.15) is 0 Å². The lowest BCUT2D eigenvalue weighted by Crippen LogP contribution is -2.19. The van der Waals surface area contributed by atoms with E-state index < -0.39 is 0 Å². The monoisotopic (exact) mass is 390 g/mol. The second-order valence-corrected chi connectivity index (χ2v) is 7.12. The molecule has 3 aromatic rings. The summed E-state index contributed by atoms with van der Waals surface area (Å²) in [5.41, 5.74) is 3.30. The van der Waals surface area contributed by atoms with Gasteiger partial charge in [-0.15, -0.1) is 0 Å². The maximum Gasteiger partial charge on any atom is 0.323 e. The second kappa shape index (κ2) is 7.99. The van der Waals surface area contributed by atoms with Crippen LogP contribution in [0, 0.1) is 0 Å². The molecule has 0 saturated heterocycles. The van der Waals surface area contributed by atoms with E-state index in [1.54, 1.807) is 18.2 Å². The number of anilines is 2. The fourth-order valence-electron chi connectivity index (χ4n) is 2.63. The van der Waals surface area contributed by atoms with E-state index in [2.05, 4.69) is 40.7 Å². The lowest BCUT2D eigenvalue weighted by Gasteiger charge is -2.10. The van der Waals surface area contributed by atoms with Gasteiger partial charge in [-0.05, 0) is 49.8 Å². The Morgan fingerprint density at radius 2 is 1.92 bits per heavy atom. The van der Waals surface area contributed by atoms with Crippen LogP contribution in [0.2, 0.25) is 10.0 Å². The molecule has 0 aliphatic rings. The standard InChI is InChI=1S/C19H20Cl2N4O/c1-25(2)9-8-14-10-12-6-7-13(11-17(12)22-14)23-19(26)24-16-5-3-4-15(20)18(16)21/h3-7,10-11,22H,8-9H2,1-2H3,(H2,23,24,26). The number of fused-ring (bicyclic) bond motifs is 1. The first-order valence-electron chi connectivity index (χ1n) is 8.21. The summed E-state index contributed by atoms with van der Waals surface area (Å²) in [6, 6.07) is 12.6. The number of carbonyl (C=O) groups is 1. The van der Waals surface area contributed by atoms with Crippen molar-refractivity contribution in [2.24, 2.45) is 0 Å². The molecule has 2 aromatic carbocycles. The van der Waals surface area contributed by atoms with E-state index in [4.69, 9.17) is 23.2 Å². The summed E-state index contributed by atoms with van der Waals surface area (Å²) in [5, 5.41) is 7.33. The number of aromatic amines is 1. The van der Waals surface area contributed by atoms with Crippen LogP contribution in [-0.4, -0.2) is 36.6 Å². The normalized spacial score (nSPS) is 11.1. The number of halogens is 2. The van der Waals surface area contributed by atoms with Crippen LogP contribution in [0.1, 0.15) is 5.69 Å². The molecule has 0 atom stereocenters. The predicted molar refractivity (Wildman–Crippen MR) is 110 cm³/mol. The van der Waals surface area contributed by atoms with Crippen LogP contribution in [0.15, 0.2) is 42.5 Å². The molecule has 0 unspecified atom stereocenters. The SMILES string of the molecule is CN(C)CCc1cc2ccc(NC(=O)Nc3cccc(Cl)c3Cl)cc2[nH]1. The molecule has 5 nitrogen and oxygen atoms in total. The Kier molecular flexibility index (Phi) is 5.71. The number of benzene rings is 2. The maximum atomic E-state index is 12.2. The molecule has 0 fully saturated rings. The second-order valence-electron chi connectivity index (χ2n) is 6.33. The van der Waals surface area contributed by atoms with Gasteiger partial charge in [0.05, 0.1) is 15.7 Å². The molecule has 7 heteroatoms. The molecule has 136 valence electrons. The zero-order valence-corrected chi connectivity index (χ0v) is 16.1. The fraction of sp³-hybridized carbons (Fsp3) is 0.211. The lowest BCUT2D eigenvalue weighted by molar-refractivity contribution is 0.262. The number of carbonyl (C=O) groups excluding carboxylic acids is 1. The number of amides is 2. The van der Waals surface area contributed by atoms with E-state index in [9.17, 15) is 4.79 Å². The van der Waals surface area contributed by atoms with Gasteiger partial charge in [0.15, 0.2) is 0 Å². The largest absolute Gasteiger partial charge is 0.358 e. The smallest absolute Gasteiger partial charge is 0.323 e. The first kappa shape index (κ1) is 18.6. The van der Waals surface area contributed by atoms with Gasteiger partial charge in [0.2, 0.25) is 0 Å². The van der Waals surface area contributed by atoms with Crippen molar-refractivity contribution in [1.82, 2.24) is 9.88 Å². The van der Waals surface area contributed by atoms with Crippen LogP contribution >= 0.6 is 23.2 Å². The molecule has 0 aliphatic carbocycles. The number of rotatable bonds is 5. The van der Waals surface area contributed by atoms with E-state index in [0.717, 1.165) is 23.9 Å². The third-order valence-electron chi connectivity index (χ3n) is 3.96. The molecule has 0 bridgehead atoms. The number of likely N-dealkylation sites (N-methyl/N-ethyl adjacent to an activating group) is 1. The minimum atomic E-state index is -0.382. The van der Waals surface area contributed by atoms with Crippen molar-refractivity contribution in [3.8, 4) is 0 Å². The van der Waals surface area contributed by atoms with Crippen LogP contribution in [0.3, 0.4) is 0 Å². The zero-order valence-electron chi connectivity index (χ0n) is 14.6. The number of aromatic nitrogens is 1. The number of hydrogen-bond donors (Lipinski definition) is 3. The number of H-pyrrole nitrogens is 1. The van der Waals surface area contributed by atoms with Crippen molar-refractivity contribution in [3.63, 3.8) is 0 Å². The molecule has 26 heavy (non-hydrogen) atoms. The predicted octanol–water partition coefficient (Wildman–Crippen LogP) is 5.22. The summed E-state index contributed by atoms with van der Waals surface area (Å²) in [5.74, 6) is 0. The van der Waals surface area contributed by atoms with Gasteiger partial charge in [-0.25, -0.2) is 4.79 Å². The molecule has 0 saturated carbocycles. The molecule has 2 amide bonds. The highest BCUT2D eigenvalue weighted by atomic mass is 35.5. The number of nitrogens with zero attached hydrogens (tertiary/aromatic N) is 1. The molecule has 1 aromatic heterocycles. The molecular formula is C19H20Cl2N4O. The van der Waals surface area contributed by atoms with Crippen molar-refractivity contribution in [1.29, 1.82) is 0 Å². The Morgan fingerprint density at radius 1 is 1.12 bits per heavy atom. The van der Waals surface area contributed by atoms with E-state index >= 15 is 0 Å². The van der Waals surface area contributed by atoms with E-state index in [1.165, 1.54) is 5.69 Å². The average molecular weight is 391 g/mol. The Bertz CT molecular complexity index is 936. The van der Waals surface area contributed by atoms with Gasteiger partial charge in [-0.1, -0.05) is 35.3 Å². The minimum absolute atomic E-state index is 0.315. The van der Waals surface area contributed by atoms with Crippen molar-refractivity contribution in [2.45, 2.75) is 6.42 Å². The first-order valence-corrected chi connectivity index (χ1v) is 8.96.